The fourth-order valence-electron chi connectivity index (χ4n) is 3.13. The summed E-state index contributed by atoms with van der Waals surface area (Å²) in [5, 5.41) is 3.27. The topological polar surface area (TPSA) is 25.4 Å². The van der Waals surface area contributed by atoms with E-state index in [0.29, 0.717) is 18.8 Å². The smallest absolute Gasteiger partial charge is 0.107 e. The average Bonchev–Trinajstić information content (AvgIpc) is 3.02. The van der Waals surface area contributed by atoms with Gasteiger partial charge in [0.15, 0.2) is 0 Å². The summed E-state index contributed by atoms with van der Waals surface area (Å²) in [4.78, 5) is 6.91. The van der Waals surface area contributed by atoms with Gasteiger partial charge in [-0.2, -0.15) is 0 Å². The fraction of sp³-hybridized carbons (Fsp3) is 0.615. The van der Waals surface area contributed by atoms with Crippen LogP contribution in [0.2, 0.25) is 0 Å². The highest BCUT2D eigenvalue weighted by molar-refractivity contribution is 7.09. The molecule has 2 heterocycles. The van der Waals surface area contributed by atoms with Crippen molar-refractivity contribution in [2.24, 2.45) is 5.92 Å². The van der Waals surface area contributed by atoms with Crippen molar-refractivity contribution in [1.82, 2.24) is 9.88 Å². The molecule has 2 bridgehead atoms. The molecule has 17 heavy (non-hydrogen) atoms. The Balaban J connectivity index is 1.61. The summed E-state index contributed by atoms with van der Waals surface area (Å²) < 4.78 is 5.86. The Kier molecular flexibility index (Phi) is 3.27. The molecule has 2 fully saturated rings. The Hall–Kier alpha value is -0.710. The number of piperidine rings is 1. The minimum absolute atomic E-state index is 0.409. The molecule has 0 spiro atoms. The zero-order chi connectivity index (χ0) is 11.7. The van der Waals surface area contributed by atoms with Gasteiger partial charge in [-0.05, 0) is 18.8 Å². The van der Waals surface area contributed by atoms with Gasteiger partial charge in [0.25, 0.3) is 0 Å². The first-order valence-corrected chi connectivity index (χ1v) is 7.09. The second-order valence-corrected chi connectivity index (χ2v) is 5.90. The predicted molar refractivity (Wildman–Crippen MR) is 69.0 cm³/mol. The molecule has 3 rings (SSSR count). The normalized spacial score (nSPS) is 32.1. The van der Waals surface area contributed by atoms with Crippen LogP contribution >= 0.6 is 11.3 Å². The monoisotopic (exact) mass is 250 g/mol. The molecule has 1 aliphatic carbocycles. The van der Waals surface area contributed by atoms with E-state index in [-0.39, 0.29) is 0 Å². The van der Waals surface area contributed by atoms with Crippen LogP contribution < -0.4 is 0 Å². The third-order valence-corrected chi connectivity index (χ3v) is 4.55. The van der Waals surface area contributed by atoms with Crippen molar-refractivity contribution < 1.29 is 4.74 Å². The third-order valence-electron chi connectivity index (χ3n) is 3.78. The highest BCUT2D eigenvalue weighted by Crippen LogP contribution is 2.40. The summed E-state index contributed by atoms with van der Waals surface area (Å²) >= 11 is 1.75. The molecule has 1 aromatic heterocycles. The van der Waals surface area contributed by atoms with Crippen LogP contribution in [0.4, 0.5) is 0 Å². The summed E-state index contributed by atoms with van der Waals surface area (Å²) in [6.07, 6.45) is 6.67. The first-order valence-electron chi connectivity index (χ1n) is 6.21. The van der Waals surface area contributed by atoms with Gasteiger partial charge in [-0.3, -0.25) is 4.90 Å². The summed E-state index contributed by atoms with van der Waals surface area (Å²) in [7, 11) is 0. The average molecular weight is 250 g/mol. The Morgan fingerprint density at radius 1 is 1.59 bits per heavy atom. The first kappa shape index (κ1) is 11.4. The van der Waals surface area contributed by atoms with Crippen LogP contribution in [0.15, 0.2) is 24.2 Å². The van der Waals surface area contributed by atoms with Crippen LogP contribution in [0, 0.1) is 5.92 Å². The van der Waals surface area contributed by atoms with Crippen molar-refractivity contribution in [2.75, 3.05) is 13.2 Å². The molecule has 0 radical (unpaired) electrons. The molecule has 0 unspecified atom stereocenters. The van der Waals surface area contributed by atoms with E-state index in [1.165, 1.54) is 24.4 Å². The van der Waals surface area contributed by atoms with E-state index in [9.17, 15) is 0 Å². The molecule has 0 amide bonds. The molecule has 3 atom stereocenters. The molecule has 3 nitrogen and oxygen atoms in total. The van der Waals surface area contributed by atoms with Crippen LogP contribution in [0.25, 0.3) is 0 Å². The maximum Gasteiger partial charge on any atom is 0.107 e. The fourth-order valence-corrected chi connectivity index (χ4v) is 3.77. The van der Waals surface area contributed by atoms with Gasteiger partial charge in [-0.25, -0.2) is 4.98 Å². The SMILES string of the molecule is C=CCO[C@@H]1C[C@H]2C[C@H]1N(Cc1nccs1)C2. The Morgan fingerprint density at radius 2 is 2.53 bits per heavy atom. The lowest BCUT2D eigenvalue weighted by Crippen LogP contribution is -2.41. The number of rotatable bonds is 5. The maximum atomic E-state index is 5.86. The van der Waals surface area contributed by atoms with Crippen LogP contribution in [0.1, 0.15) is 17.8 Å². The highest BCUT2D eigenvalue weighted by atomic mass is 32.1. The minimum atomic E-state index is 0.409. The van der Waals surface area contributed by atoms with Crippen molar-refractivity contribution in [3.63, 3.8) is 0 Å². The van der Waals surface area contributed by atoms with Gasteiger partial charge in [0.05, 0.1) is 19.3 Å². The van der Waals surface area contributed by atoms with Gasteiger partial charge < -0.3 is 4.74 Å². The number of hydrogen-bond acceptors (Lipinski definition) is 4. The van der Waals surface area contributed by atoms with E-state index in [2.05, 4.69) is 21.8 Å². The molecule has 1 saturated heterocycles. The summed E-state index contributed by atoms with van der Waals surface area (Å²) in [6.45, 7) is 6.61. The number of likely N-dealkylation sites (tertiary alicyclic amines) is 1. The Labute approximate surface area is 106 Å². The number of fused-ring (bicyclic) bond motifs is 2. The second-order valence-electron chi connectivity index (χ2n) is 4.92. The Morgan fingerprint density at radius 3 is 3.24 bits per heavy atom. The third kappa shape index (κ3) is 2.30. The molecule has 92 valence electrons. The van der Waals surface area contributed by atoms with Gasteiger partial charge in [0.2, 0.25) is 0 Å². The molecule has 1 aromatic rings. The number of ether oxygens (including phenoxy) is 1. The van der Waals surface area contributed by atoms with Gasteiger partial charge in [-0.1, -0.05) is 6.08 Å². The highest BCUT2D eigenvalue weighted by Gasteiger charge is 2.45. The number of aromatic nitrogens is 1. The lowest BCUT2D eigenvalue weighted by atomic mass is 10.1. The molecular formula is C13H18N2OS. The zero-order valence-electron chi connectivity index (χ0n) is 9.92. The van der Waals surface area contributed by atoms with E-state index in [0.717, 1.165) is 12.5 Å². The van der Waals surface area contributed by atoms with Crippen molar-refractivity contribution in [1.29, 1.82) is 0 Å². The standard InChI is InChI=1S/C13H18N2OS/c1-2-4-16-12-7-10-6-11(12)15(8-10)9-13-14-3-5-17-13/h2-3,5,10-12H,1,4,6-9H2/t10-,11-,12-/m1/s1. The summed E-state index contributed by atoms with van der Waals surface area (Å²) in [6, 6.07) is 0.601. The number of hydrogen-bond donors (Lipinski definition) is 0. The van der Waals surface area contributed by atoms with Gasteiger partial charge in [0, 0.05) is 24.2 Å². The first-order chi connectivity index (χ1) is 8.36. The Bertz CT molecular complexity index is 379. The van der Waals surface area contributed by atoms with Crippen molar-refractivity contribution in [3.05, 3.63) is 29.2 Å². The zero-order valence-corrected chi connectivity index (χ0v) is 10.7. The van der Waals surface area contributed by atoms with Gasteiger partial charge >= 0.3 is 0 Å². The maximum absolute atomic E-state index is 5.86. The molecule has 0 aromatic carbocycles. The minimum Gasteiger partial charge on any atom is -0.373 e. The van der Waals surface area contributed by atoms with Crippen LogP contribution in [0.3, 0.4) is 0 Å². The van der Waals surface area contributed by atoms with Crippen LogP contribution in [0.5, 0.6) is 0 Å². The molecule has 1 aliphatic heterocycles. The summed E-state index contributed by atoms with van der Waals surface area (Å²) in [5.41, 5.74) is 0. The quantitative estimate of drug-likeness (QED) is 0.750. The predicted octanol–water partition coefficient (Wildman–Crippen LogP) is 2.31. The lowest BCUT2D eigenvalue weighted by Gasteiger charge is -2.32. The molecule has 0 N–H and O–H groups in total. The van der Waals surface area contributed by atoms with E-state index >= 15 is 0 Å². The largest absolute Gasteiger partial charge is 0.373 e. The van der Waals surface area contributed by atoms with Gasteiger partial charge in [-0.15, -0.1) is 17.9 Å². The lowest BCUT2D eigenvalue weighted by molar-refractivity contribution is -0.000180. The summed E-state index contributed by atoms with van der Waals surface area (Å²) in [5.74, 6) is 0.828. The van der Waals surface area contributed by atoms with E-state index in [1.54, 1.807) is 11.3 Å². The van der Waals surface area contributed by atoms with E-state index < -0.39 is 0 Å². The molecule has 4 heteroatoms. The van der Waals surface area contributed by atoms with Crippen molar-refractivity contribution in [3.8, 4) is 0 Å². The molecular weight excluding hydrogens is 232 g/mol. The second kappa shape index (κ2) is 4.88. The van der Waals surface area contributed by atoms with Crippen LogP contribution in [-0.4, -0.2) is 35.2 Å². The molecule has 2 aliphatic rings. The molecule has 1 saturated carbocycles. The number of thiazole rings is 1. The number of nitrogens with zero attached hydrogens (tertiary/aromatic N) is 2. The van der Waals surface area contributed by atoms with Gasteiger partial charge in [0.1, 0.15) is 5.01 Å². The van der Waals surface area contributed by atoms with E-state index in [4.69, 9.17) is 4.74 Å². The van der Waals surface area contributed by atoms with E-state index in [1.807, 2.05) is 12.3 Å². The van der Waals surface area contributed by atoms with Crippen molar-refractivity contribution >= 4 is 11.3 Å². The van der Waals surface area contributed by atoms with Crippen molar-refractivity contribution in [2.45, 2.75) is 31.5 Å². The van der Waals surface area contributed by atoms with Crippen LogP contribution in [-0.2, 0) is 11.3 Å².